The summed E-state index contributed by atoms with van der Waals surface area (Å²) in [5.74, 6) is 1.43. The van der Waals surface area contributed by atoms with Crippen LogP contribution in [0.4, 0.5) is 0 Å². The smallest absolute Gasteiger partial charge is 0.161 e. The van der Waals surface area contributed by atoms with Crippen molar-refractivity contribution in [3.8, 4) is 22.8 Å². The summed E-state index contributed by atoms with van der Waals surface area (Å²) in [6, 6.07) is 5.80. The first kappa shape index (κ1) is 12.4. The fourth-order valence-electron chi connectivity index (χ4n) is 1.88. The van der Waals surface area contributed by atoms with Crippen molar-refractivity contribution in [3.63, 3.8) is 0 Å². The molecule has 0 fully saturated rings. The van der Waals surface area contributed by atoms with Crippen molar-refractivity contribution in [2.24, 2.45) is 0 Å². The van der Waals surface area contributed by atoms with Crippen molar-refractivity contribution >= 4 is 0 Å². The average Bonchev–Trinajstić information content (AvgIpc) is 2.86. The van der Waals surface area contributed by atoms with Crippen LogP contribution in [-0.4, -0.2) is 31.5 Å². The van der Waals surface area contributed by atoms with E-state index in [1.165, 1.54) is 0 Å². The summed E-state index contributed by atoms with van der Waals surface area (Å²) in [7, 11) is 5.16. The van der Waals surface area contributed by atoms with Gasteiger partial charge < -0.3 is 14.8 Å². The molecule has 0 spiro atoms. The van der Waals surface area contributed by atoms with E-state index in [1.807, 2.05) is 31.4 Å². The molecule has 0 unspecified atom stereocenters. The molecule has 0 aliphatic heterocycles. The van der Waals surface area contributed by atoms with E-state index in [2.05, 4.69) is 15.5 Å². The zero-order valence-corrected chi connectivity index (χ0v) is 10.8. The van der Waals surface area contributed by atoms with Gasteiger partial charge in [0.15, 0.2) is 11.5 Å². The van der Waals surface area contributed by atoms with Crippen LogP contribution in [0.1, 0.15) is 5.56 Å². The Bertz CT molecular complexity index is 523. The fourth-order valence-corrected chi connectivity index (χ4v) is 1.88. The lowest BCUT2D eigenvalue weighted by Crippen LogP contribution is -2.05. The van der Waals surface area contributed by atoms with Gasteiger partial charge in [-0.15, -0.1) is 0 Å². The van der Waals surface area contributed by atoms with Crippen LogP contribution < -0.4 is 14.8 Å². The Labute approximate surface area is 106 Å². The summed E-state index contributed by atoms with van der Waals surface area (Å²) >= 11 is 0. The van der Waals surface area contributed by atoms with Crippen molar-refractivity contribution in [2.75, 3.05) is 21.3 Å². The molecule has 5 heteroatoms. The minimum absolute atomic E-state index is 0.708. The molecule has 0 radical (unpaired) electrons. The van der Waals surface area contributed by atoms with Crippen LogP contribution >= 0.6 is 0 Å². The summed E-state index contributed by atoms with van der Waals surface area (Å²) in [5, 5.41) is 10.2. The molecule has 2 rings (SSSR count). The summed E-state index contributed by atoms with van der Waals surface area (Å²) in [4.78, 5) is 0. The molecule has 1 aromatic heterocycles. The number of methoxy groups -OCH3 is 2. The van der Waals surface area contributed by atoms with Crippen LogP contribution in [0.25, 0.3) is 11.3 Å². The molecule has 5 nitrogen and oxygen atoms in total. The van der Waals surface area contributed by atoms with Gasteiger partial charge >= 0.3 is 0 Å². The van der Waals surface area contributed by atoms with Crippen LogP contribution in [0.15, 0.2) is 24.4 Å². The third kappa shape index (κ3) is 2.31. The minimum atomic E-state index is 0.708. The number of nitrogens with one attached hydrogen (secondary N) is 2. The maximum Gasteiger partial charge on any atom is 0.161 e. The first-order chi connectivity index (χ1) is 8.80. The normalized spacial score (nSPS) is 10.4. The molecular formula is C13H17N3O2. The summed E-state index contributed by atoms with van der Waals surface area (Å²) in [5.41, 5.74) is 3.13. The summed E-state index contributed by atoms with van der Waals surface area (Å²) in [6.45, 7) is 0.764. The lowest BCUT2D eigenvalue weighted by molar-refractivity contribution is 0.355. The van der Waals surface area contributed by atoms with E-state index in [9.17, 15) is 0 Å². The second-order valence-electron chi connectivity index (χ2n) is 3.87. The number of H-pyrrole nitrogens is 1. The van der Waals surface area contributed by atoms with Crippen LogP contribution in [0.5, 0.6) is 11.5 Å². The minimum Gasteiger partial charge on any atom is -0.493 e. The Morgan fingerprint density at radius 2 is 2.00 bits per heavy atom. The summed E-state index contributed by atoms with van der Waals surface area (Å²) in [6.07, 6.45) is 1.82. The quantitative estimate of drug-likeness (QED) is 0.846. The zero-order chi connectivity index (χ0) is 13.0. The van der Waals surface area contributed by atoms with Gasteiger partial charge in [0.1, 0.15) is 0 Å². The van der Waals surface area contributed by atoms with Gasteiger partial charge in [0.05, 0.1) is 26.1 Å². The number of aromatic nitrogens is 2. The molecule has 0 aliphatic rings. The van der Waals surface area contributed by atoms with Gasteiger partial charge in [-0.05, 0) is 25.2 Å². The highest BCUT2D eigenvalue weighted by Crippen LogP contribution is 2.32. The predicted molar refractivity (Wildman–Crippen MR) is 69.9 cm³/mol. The predicted octanol–water partition coefficient (Wildman–Crippen LogP) is 1.81. The van der Waals surface area contributed by atoms with Gasteiger partial charge in [0.25, 0.3) is 0 Å². The molecule has 96 valence electrons. The maximum atomic E-state index is 5.30. The van der Waals surface area contributed by atoms with E-state index in [0.717, 1.165) is 29.1 Å². The largest absolute Gasteiger partial charge is 0.493 e. The maximum absolute atomic E-state index is 5.30. The van der Waals surface area contributed by atoms with Gasteiger partial charge in [0, 0.05) is 17.7 Å². The monoisotopic (exact) mass is 247 g/mol. The third-order valence-corrected chi connectivity index (χ3v) is 2.76. The Balaban J connectivity index is 2.41. The second kappa shape index (κ2) is 5.55. The molecule has 0 atom stereocenters. The SMILES string of the molecule is CNCc1cn[nH]c1-c1ccc(OC)c(OC)c1. The zero-order valence-electron chi connectivity index (χ0n) is 10.8. The topological polar surface area (TPSA) is 59.2 Å². The third-order valence-electron chi connectivity index (χ3n) is 2.76. The van der Waals surface area contributed by atoms with Crippen molar-refractivity contribution < 1.29 is 9.47 Å². The molecule has 0 amide bonds. The summed E-state index contributed by atoms with van der Waals surface area (Å²) < 4.78 is 10.5. The fraction of sp³-hybridized carbons (Fsp3) is 0.308. The standard InChI is InChI=1S/C13H17N3O2/c1-14-7-10-8-15-16-13(10)9-4-5-11(17-2)12(6-9)18-3/h4-6,8,14H,7H2,1-3H3,(H,15,16). The number of rotatable bonds is 5. The Morgan fingerprint density at radius 3 is 2.67 bits per heavy atom. The van der Waals surface area contributed by atoms with Gasteiger partial charge in [-0.3, -0.25) is 5.10 Å². The number of aromatic amines is 1. The van der Waals surface area contributed by atoms with Crippen molar-refractivity contribution in [2.45, 2.75) is 6.54 Å². The lowest BCUT2D eigenvalue weighted by atomic mass is 10.1. The number of nitrogens with zero attached hydrogens (tertiary/aromatic N) is 1. The molecule has 1 aromatic carbocycles. The van der Waals surface area contributed by atoms with Crippen LogP contribution in [0.3, 0.4) is 0 Å². The van der Waals surface area contributed by atoms with E-state index >= 15 is 0 Å². The van der Waals surface area contributed by atoms with E-state index in [4.69, 9.17) is 9.47 Å². The highest BCUT2D eigenvalue weighted by molar-refractivity contribution is 5.66. The lowest BCUT2D eigenvalue weighted by Gasteiger charge is -2.09. The number of hydrogen-bond donors (Lipinski definition) is 2. The molecular weight excluding hydrogens is 230 g/mol. The number of ether oxygens (including phenoxy) is 2. The Hall–Kier alpha value is -2.01. The molecule has 18 heavy (non-hydrogen) atoms. The van der Waals surface area contributed by atoms with Gasteiger partial charge in [-0.25, -0.2) is 0 Å². The van der Waals surface area contributed by atoms with Crippen molar-refractivity contribution in [1.29, 1.82) is 0 Å². The van der Waals surface area contributed by atoms with Gasteiger partial charge in [-0.2, -0.15) is 5.10 Å². The van der Waals surface area contributed by atoms with Crippen molar-refractivity contribution in [3.05, 3.63) is 30.0 Å². The molecule has 0 aliphatic carbocycles. The second-order valence-corrected chi connectivity index (χ2v) is 3.87. The van der Waals surface area contributed by atoms with Crippen molar-refractivity contribution in [1.82, 2.24) is 15.5 Å². The highest BCUT2D eigenvalue weighted by Gasteiger charge is 2.10. The Kier molecular flexibility index (Phi) is 3.84. The van der Waals surface area contributed by atoms with Crippen LogP contribution in [0, 0.1) is 0 Å². The van der Waals surface area contributed by atoms with Gasteiger partial charge in [-0.1, -0.05) is 0 Å². The van der Waals surface area contributed by atoms with Crippen LogP contribution in [0.2, 0.25) is 0 Å². The first-order valence-electron chi connectivity index (χ1n) is 5.69. The first-order valence-corrected chi connectivity index (χ1v) is 5.69. The molecule has 0 bridgehead atoms. The molecule has 2 N–H and O–H groups in total. The molecule has 0 saturated heterocycles. The number of hydrogen-bond acceptors (Lipinski definition) is 4. The van der Waals surface area contributed by atoms with E-state index in [0.29, 0.717) is 5.75 Å². The van der Waals surface area contributed by atoms with Crippen LogP contribution in [-0.2, 0) is 6.54 Å². The number of benzene rings is 1. The molecule has 0 saturated carbocycles. The van der Waals surface area contributed by atoms with Gasteiger partial charge in [0.2, 0.25) is 0 Å². The van der Waals surface area contributed by atoms with E-state index < -0.39 is 0 Å². The average molecular weight is 247 g/mol. The highest BCUT2D eigenvalue weighted by atomic mass is 16.5. The van der Waals surface area contributed by atoms with E-state index in [1.54, 1.807) is 14.2 Å². The molecule has 2 aromatic rings. The Morgan fingerprint density at radius 1 is 1.22 bits per heavy atom. The molecule has 1 heterocycles. The van der Waals surface area contributed by atoms with E-state index in [-0.39, 0.29) is 0 Å².